The molecule has 0 spiro atoms. The molecular weight excluding hydrogens is 278 g/mol. The van der Waals surface area contributed by atoms with E-state index >= 15 is 0 Å². The van der Waals surface area contributed by atoms with E-state index in [2.05, 4.69) is 11.8 Å². The van der Waals surface area contributed by atoms with Gasteiger partial charge >= 0.3 is 0 Å². The first-order valence-corrected chi connectivity index (χ1v) is 7.18. The summed E-state index contributed by atoms with van der Waals surface area (Å²) in [6, 6.07) is 3.04. The first-order chi connectivity index (χ1) is 10.1. The van der Waals surface area contributed by atoms with Crippen molar-refractivity contribution in [3.8, 4) is 5.75 Å². The zero-order valence-electron chi connectivity index (χ0n) is 12.1. The van der Waals surface area contributed by atoms with Crippen molar-refractivity contribution in [1.82, 2.24) is 9.80 Å². The van der Waals surface area contributed by atoms with Gasteiger partial charge in [-0.2, -0.15) is 0 Å². The smallest absolute Gasteiger partial charge is 0.260 e. The van der Waals surface area contributed by atoms with E-state index in [1.54, 1.807) is 4.90 Å². The number of rotatable bonds is 4. The van der Waals surface area contributed by atoms with E-state index in [1.165, 1.54) is 6.07 Å². The van der Waals surface area contributed by atoms with E-state index in [1.807, 2.05) is 0 Å². The van der Waals surface area contributed by atoms with Gasteiger partial charge in [0.15, 0.2) is 18.2 Å². The summed E-state index contributed by atoms with van der Waals surface area (Å²) in [7, 11) is 0. The molecule has 1 aliphatic heterocycles. The van der Waals surface area contributed by atoms with E-state index in [9.17, 15) is 13.6 Å². The second kappa shape index (κ2) is 7.36. The quantitative estimate of drug-likeness (QED) is 0.851. The molecule has 1 fully saturated rings. The summed E-state index contributed by atoms with van der Waals surface area (Å²) < 4.78 is 31.3. The molecule has 0 bridgehead atoms. The van der Waals surface area contributed by atoms with E-state index in [0.717, 1.165) is 38.2 Å². The molecule has 1 aromatic carbocycles. The molecule has 4 nitrogen and oxygen atoms in total. The number of amides is 1. The zero-order valence-corrected chi connectivity index (χ0v) is 12.1. The third-order valence-electron chi connectivity index (χ3n) is 3.63. The maximum atomic E-state index is 13.4. The van der Waals surface area contributed by atoms with Gasteiger partial charge in [-0.3, -0.25) is 4.79 Å². The highest BCUT2D eigenvalue weighted by Gasteiger charge is 2.19. The van der Waals surface area contributed by atoms with Gasteiger partial charge in [-0.25, -0.2) is 8.78 Å². The predicted molar refractivity (Wildman–Crippen MR) is 75.2 cm³/mol. The van der Waals surface area contributed by atoms with Crippen LogP contribution in [0.4, 0.5) is 8.78 Å². The first-order valence-electron chi connectivity index (χ1n) is 7.18. The second-order valence-corrected chi connectivity index (χ2v) is 5.03. The van der Waals surface area contributed by atoms with Crippen molar-refractivity contribution in [3.05, 3.63) is 29.8 Å². The largest absolute Gasteiger partial charge is 0.481 e. The van der Waals surface area contributed by atoms with Gasteiger partial charge in [0.05, 0.1) is 0 Å². The third kappa shape index (κ3) is 4.39. The Hall–Kier alpha value is -1.69. The SMILES string of the molecule is CCN1CCCN(C(=O)COc2ccc(F)cc2F)CC1. The average Bonchev–Trinajstić information content (AvgIpc) is 2.71. The van der Waals surface area contributed by atoms with Gasteiger partial charge in [0.2, 0.25) is 0 Å². The lowest BCUT2D eigenvalue weighted by Gasteiger charge is -2.21. The van der Waals surface area contributed by atoms with Gasteiger partial charge in [0.25, 0.3) is 5.91 Å². The molecule has 1 saturated heterocycles. The van der Waals surface area contributed by atoms with E-state index in [4.69, 9.17) is 4.74 Å². The van der Waals surface area contributed by atoms with Crippen molar-refractivity contribution in [2.45, 2.75) is 13.3 Å². The van der Waals surface area contributed by atoms with Crippen LogP contribution < -0.4 is 4.74 Å². The Kier molecular flexibility index (Phi) is 5.50. The number of halogens is 2. The molecule has 0 aromatic heterocycles. The summed E-state index contributed by atoms with van der Waals surface area (Å²) in [6.45, 7) is 6.00. The maximum Gasteiger partial charge on any atom is 0.260 e. The van der Waals surface area contributed by atoms with Gasteiger partial charge in [-0.05, 0) is 31.6 Å². The Morgan fingerprint density at radius 2 is 2.05 bits per heavy atom. The van der Waals surface area contributed by atoms with E-state index in [0.29, 0.717) is 13.1 Å². The van der Waals surface area contributed by atoms with Crippen molar-refractivity contribution in [1.29, 1.82) is 0 Å². The Labute approximate surface area is 123 Å². The third-order valence-corrected chi connectivity index (χ3v) is 3.63. The summed E-state index contributed by atoms with van der Waals surface area (Å²) in [5.41, 5.74) is 0. The van der Waals surface area contributed by atoms with Crippen LogP contribution in [-0.2, 0) is 4.79 Å². The van der Waals surface area contributed by atoms with Crippen LogP contribution in [0.5, 0.6) is 5.75 Å². The van der Waals surface area contributed by atoms with E-state index < -0.39 is 11.6 Å². The number of benzene rings is 1. The second-order valence-electron chi connectivity index (χ2n) is 5.03. The Balaban J connectivity index is 1.86. The highest BCUT2D eigenvalue weighted by atomic mass is 19.1. The topological polar surface area (TPSA) is 32.8 Å². The lowest BCUT2D eigenvalue weighted by molar-refractivity contribution is -0.133. The molecule has 0 radical (unpaired) electrons. The van der Waals surface area contributed by atoms with Gasteiger partial charge in [-0.15, -0.1) is 0 Å². The normalized spacial score (nSPS) is 16.6. The molecular formula is C15H20F2N2O2. The fourth-order valence-corrected chi connectivity index (χ4v) is 2.36. The van der Waals surface area contributed by atoms with Crippen LogP contribution >= 0.6 is 0 Å². The van der Waals surface area contributed by atoms with Crippen LogP contribution in [0.1, 0.15) is 13.3 Å². The highest BCUT2D eigenvalue weighted by Crippen LogP contribution is 2.17. The molecule has 6 heteroatoms. The minimum atomic E-state index is -0.796. The van der Waals surface area contributed by atoms with Crippen LogP contribution in [0.25, 0.3) is 0 Å². The monoisotopic (exact) mass is 298 g/mol. The lowest BCUT2D eigenvalue weighted by atomic mass is 10.3. The van der Waals surface area contributed by atoms with Crippen molar-refractivity contribution >= 4 is 5.91 Å². The molecule has 1 amide bonds. The van der Waals surface area contributed by atoms with E-state index in [-0.39, 0.29) is 18.3 Å². The Bertz CT molecular complexity index is 497. The van der Waals surface area contributed by atoms with Crippen LogP contribution in [0.2, 0.25) is 0 Å². The number of ether oxygens (including phenoxy) is 1. The van der Waals surface area contributed by atoms with Crippen LogP contribution in [0.15, 0.2) is 18.2 Å². The summed E-state index contributed by atoms with van der Waals surface area (Å²) in [6.07, 6.45) is 0.921. The summed E-state index contributed by atoms with van der Waals surface area (Å²) in [4.78, 5) is 16.1. The zero-order chi connectivity index (χ0) is 15.2. The van der Waals surface area contributed by atoms with Gasteiger partial charge in [0.1, 0.15) is 5.82 Å². The minimum Gasteiger partial charge on any atom is -0.481 e. The molecule has 0 unspecified atom stereocenters. The Morgan fingerprint density at radius 1 is 1.24 bits per heavy atom. The molecule has 0 atom stereocenters. The van der Waals surface area contributed by atoms with Gasteiger partial charge in [0, 0.05) is 25.7 Å². The maximum absolute atomic E-state index is 13.4. The van der Waals surface area contributed by atoms with Crippen LogP contribution in [0.3, 0.4) is 0 Å². The molecule has 1 aromatic rings. The molecule has 0 aliphatic carbocycles. The lowest BCUT2D eigenvalue weighted by Crippen LogP contribution is -2.38. The predicted octanol–water partition coefficient (Wildman–Crippen LogP) is 1.90. The minimum absolute atomic E-state index is 0.102. The molecule has 0 saturated carbocycles. The summed E-state index contributed by atoms with van der Waals surface area (Å²) >= 11 is 0. The fraction of sp³-hybridized carbons (Fsp3) is 0.533. The van der Waals surface area contributed by atoms with Crippen molar-refractivity contribution in [2.24, 2.45) is 0 Å². The summed E-state index contributed by atoms with van der Waals surface area (Å²) in [5, 5.41) is 0. The number of hydrogen-bond acceptors (Lipinski definition) is 3. The van der Waals surface area contributed by atoms with Crippen molar-refractivity contribution < 1.29 is 18.3 Å². The molecule has 1 heterocycles. The number of carbonyl (C=O) groups excluding carboxylic acids is 1. The fourth-order valence-electron chi connectivity index (χ4n) is 2.36. The van der Waals surface area contributed by atoms with Crippen LogP contribution in [0, 0.1) is 11.6 Å². The number of carbonyl (C=O) groups is 1. The molecule has 0 N–H and O–H groups in total. The molecule has 116 valence electrons. The standard InChI is InChI=1S/C15H20F2N2O2/c1-2-18-6-3-7-19(9-8-18)15(20)11-21-14-5-4-12(16)10-13(14)17/h4-5,10H,2-3,6-9,11H2,1H3. The molecule has 2 rings (SSSR count). The molecule has 21 heavy (non-hydrogen) atoms. The first kappa shape index (κ1) is 15.7. The molecule has 1 aliphatic rings. The number of nitrogens with zero attached hydrogens (tertiary/aromatic N) is 2. The van der Waals surface area contributed by atoms with Crippen molar-refractivity contribution in [2.75, 3.05) is 39.3 Å². The Morgan fingerprint density at radius 3 is 2.76 bits per heavy atom. The number of likely N-dealkylation sites (N-methyl/N-ethyl adjacent to an activating group) is 1. The van der Waals surface area contributed by atoms with Gasteiger partial charge < -0.3 is 14.5 Å². The summed E-state index contributed by atoms with van der Waals surface area (Å²) in [5.74, 6) is -1.74. The van der Waals surface area contributed by atoms with Crippen molar-refractivity contribution in [3.63, 3.8) is 0 Å². The average molecular weight is 298 g/mol. The highest BCUT2D eigenvalue weighted by molar-refractivity contribution is 5.77. The van der Waals surface area contributed by atoms with Gasteiger partial charge in [-0.1, -0.05) is 6.92 Å². The van der Waals surface area contributed by atoms with Crippen LogP contribution in [-0.4, -0.2) is 55.0 Å². The number of hydrogen-bond donors (Lipinski definition) is 0.